The molecule has 0 amide bonds. The molecule has 3 unspecified atom stereocenters. The van der Waals surface area contributed by atoms with Gasteiger partial charge in [0.15, 0.2) is 11.5 Å². The number of alkyl halides is 9. The molecule has 0 aliphatic rings. The second-order valence-electron chi connectivity index (χ2n) is 6.76. The summed E-state index contributed by atoms with van der Waals surface area (Å²) in [5, 5.41) is 9.08. The van der Waals surface area contributed by atoms with Crippen LogP contribution >= 0.6 is 0 Å². The van der Waals surface area contributed by atoms with Gasteiger partial charge in [-0.25, -0.2) is 0 Å². The normalized spacial score (nSPS) is 15.6. The molecule has 0 fully saturated rings. The number of carboxylic acid groups (broad SMARTS) is 1. The molecule has 32 heavy (non-hydrogen) atoms. The molecule has 0 bridgehead atoms. The summed E-state index contributed by atoms with van der Waals surface area (Å²) in [5.74, 6) is -9.19. The molecule has 6 nitrogen and oxygen atoms in total. The smallest absolute Gasteiger partial charge is 0.481 e. The van der Waals surface area contributed by atoms with Gasteiger partial charge in [-0.15, -0.1) is 39.5 Å². The quantitative estimate of drug-likeness (QED) is 0.467. The first kappa shape index (κ1) is 27.5. The molecule has 0 aliphatic carbocycles. The van der Waals surface area contributed by atoms with Crippen molar-refractivity contribution in [2.45, 2.75) is 45.3 Å². The third-order valence-corrected chi connectivity index (χ3v) is 4.37. The van der Waals surface area contributed by atoms with E-state index in [1.54, 1.807) is 0 Å². The predicted molar refractivity (Wildman–Crippen MR) is 88.9 cm³/mol. The van der Waals surface area contributed by atoms with Crippen LogP contribution < -0.4 is 19.9 Å². The second-order valence-corrected chi connectivity index (χ2v) is 6.76. The van der Waals surface area contributed by atoms with Crippen molar-refractivity contribution in [2.24, 2.45) is 17.6 Å². The van der Waals surface area contributed by atoms with Crippen molar-refractivity contribution in [3.63, 3.8) is 0 Å². The molecule has 3 atom stereocenters. The number of carbonyl (C=O) groups is 1. The molecule has 184 valence electrons. The van der Waals surface area contributed by atoms with Crippen LogP contribution in [0.4, 0.5) is 39.5 Å². The SMILES string of the molecule is CC(CC(CN)C(=O)O)C(C)c1cc(OC(F)(F)F)cc(OC(F)(F)F)c1OC(F)(F)F. The van der Waals surface area contributed by atoms with E-state index in [4.69, 9.17) is 10.8 Å². The van der Waals surface area contributed by atoms with Gasteiger partial charge in [-0.3, -0.25) is 4.79 Å². The van der Waals surface area contributed by atoms with Crippen LogP contribution in [0.15, 0.2) is 12.1 Å². The van der Waals surface area contributed by atoms with Gasteiger partial charge in [0, 0.05) is 18.2 Å². The Bertz CT molecular complexity index is 792. The zero-order chi connectivity index (χ0) is 25.1. The maximum absolute atomic E-state index is 12.9. The molecule has 0 saturated carbocycles. The zero-order valence-corrected chi connectivity index (χ0v) is 16.4. The fourth-order valence-electron chi connectivity index (χ4n) is 2.81. The first-order chi connectivity index (χ1) is 14.3. The molecule has 0 aliphatic heterocycles. The summed E-state index contributed by atoms with van der Waals surface area (Å²) in [5.41, 5.74) is 4.54. The molecular weight excluding hydrogens is 469 g/mol. The van der Waals surface area contributed by atoms with Gasteiger partial charge in [0.2, 0.25) is 0 Å². The summed E-state index contributed by atoms with van der Waals surface area (Å²) in [4.78, 5) is 11.2. The van der Waals surface area contributed by atoms with Gasteiger partial charge >= 0.3 is 25.1 Å². The third kappa shape index (κ3) is 8.88. The average molecular weight is 487 g/mol. The highest BCUT2D eigenvalue weighted by Crippen LogP contribution is 2.47. The van der Waals surface area contributed by atoms with Crippen molar-refractivity contribution in [1.82, 2.24) is 0 Å². The van der Waals surface area contributed by atoms with E-state index in [2.05, 4.69) is 14.2 Å². The Labute approximate surface area is 175 Å². The lowest BCUT2D eigenvalue weighted by molar-refractivity contribution is -0.288. The van der Waals surface area contributed by atoms with Gasteiger partial charge in [0.25, 0.3) is 0 Å². The number of benzene rings is 1. The van der Waals surface area contributed by atoms with E-state index in [-0.39, 0.29) is 19.0 Å². The van der Waals surface area contributed by atoms with Crippen molar-refractivity contribution in [2.75, 3.05) is 6.54 Å². The van der Waals surface area contributed by atoms with Gasteiger partial charge in [0.1, 0.15) is 5.75 Å². The Kier molecular flexibility index (Phi) is 8.51. The van der Waals surface area contributed by atoms with E-state index in [1.165, 1.54) is 6.92 Å². The Hall–Kier alpha value is -2.58. The summed E-state index contributed by atoms with van der Waals surface area (Å²) >= 11 is 0. The highest BCUT2D eigenvalue weighted by molar-refractivity contribution is 5.70. The standard InChI is InChI=1S/C17H18F9NO5/c1-7(3-9(6-27)14(28)29)8(2)11-4-10(30-15(18,19)20)5-12(31-16(21,22)23)13(11)32-17(24,25)26/h4-5,7-9H,3,6,27H2,1-2H3,(H,28,29). The fourth-order valence-corrected chi connectivity index (χ4v) is 2.81. The number of ether oxygens (including phenoxy) is 3. The predicted octanol–water partition coefficient (Wildman–Crippen LogP) is 5.17. The average Bonchev–Trinajstić information content (AvgIpc) is 2.56. The highest BCUT2D eigenvalue weighted by Gasteiger charge is 2.40. The van der Waals surface area contributed by atoms with Gasteiger partial charge in [-0.2, -0.15) is 0 Å². The first-order valence-corrected chi connectivity index (χ1v) is 8.71. The van der Waals surface area contributed by atoms with Crippen LogP contribution in [-0.4, -0.2) is 36.7 Å². The summed E-state index contributed by atoms with van der Waals surface area (Å²) < 4.78 is 125. The van der Waals surface area contributed by atoms with E-state index in [1.807, 2.05) is 0 Å². The van der Waals surface area contributed by atoms with Gasteiger partial charge in [-0.05, 0) is 24.3 Å². The third-order valence-electron chi connectivity index (χ3n) is 4.37. The minimum Gasteiger partial charge on any atom is -0.481 e. The van der Waals surface area contributed by atoms with Crippen molar-refractivity contribution >= 4 is 5.97 Å². The van der Waals surface area contributed by atoms with E-state index in [9.17, 15) is 44.3 Å². The largest absolute Gasteiger partial charge is 0.573 e. The van der Waals surface area contributed by atoms with Gasteiger partial charge in [0.05, 0.1) is 5.92 Å². The first-order valence-electron chi connectivity index (χ1n) is 8.71. The van der Waals surface area contributed by atoms with Crippen LogP contribution in [0.5, 0.6) is 17.2 Å². The number of carboxylic acids is 1. The molecule has 1 aromatic rings. The van der Waals surface area contributed by atoms with Crippen molar-refractivity contribution in [1.29, 1.82) is 0 Å². The van der Waals surface area contributed by atoms with Crippen LogP contribution in [0.1, 0.15) is 31.7 Å². The van der Waals surface area contributed by atoms with Crippen LogP contribution in [0.3, 0.4) is 0 Å². The minimum atomic E-state index is -5.58. The lowest BCUT2D eigenvalue weighted by Crippen LogP contribution is -2.27. The van der Waals surface area contributed by atoms with E-state index < -0.39 is 65.6 Å². The Morgan fingerprint density at radius 1 is 0.938 bits per heavy atom. The molecule has 0 saturated heterocycles. The minimum absolute atomic E-state index is 0.0527. The topological polar surface area (TPSA) is 91.0 Å². The molecule has 1 rings (SSSR count). The van der Waals surface area contributed by atoms with E-state index >= 15 is 0 Å². The molecule has 0 aromatic heterocycles. The summed E-state index contributed by atoms with van der Waals surface area (Å²) in [6, 6.07) is 0.361. The molecule has 0 radical (unpaired) electrons. The maximum atomic E-state index is 12.9. The van der Waals surface area contributed by atoms with Crippen LogP contribution in [0.25, 0.3) is 0 Å². The summed E-state index contributed by atoms with van der Waals surface area (Å²) in [7, 11) is 0. The van der Waals surface area contributed by atoms with Crippen molar-refractivity contribution in [3.8, 4) is 17.2 Å². The van der Waals surface area contributed by atoms with Crippen LogP contribution in [0, 0.1) is 11.8 Å². The van der Waals surface area contributed by atoms with Crippen molar-refractivity contribution < 1.29 is 63.6 Å². The molecule has 15 heteroatoms. The molecule has 3 N–H and O–H groups in total. The van der Waals surface area contributed by atoms with Gasteiger partial charge in [-0.1, -0.05) is 13.8 Å². The molecule has 1 aromatic carbocycles. The monoisotopic (exact) mass is 487 g/mol. The lowest BCUT2D eigenvalue weighted by atomic mass is 9.82. The second kappa shape index (κ2) is 9.92. The van der Waals surface area contributed by atoms with Crippen LogP contribution in [0.2, 0.25) is 0 Å². The number of rotatable bonds is 9. The lowest BCUT2D eigenvalue weighted by Gasteiger charge is -2.27. The number of halogens is 9. The summed E-state index contributed by atoms with van der Waals surface area (Å²) in [6.45, 7) is 2.13. The summed E-state index contributed by atoms with van der Waals surface area (Å²) in [6.07, 6.45) is -16.8. The molecule has 0 spiro atoms. The van der Waals surface area contributed by atoms with Gasteiger partial charge < -0.3 is 25.1 Å². The van der Waals surface area contributed by atoms with Crippen LogP contribution in [-0.2, 0) is 4.79 Å². The number of aliphatic carboxylic acids is 1. The highest BCUT2D eigenvalue weighted by atomic mass is 19.4. The zero-order valence-electron chi connectivity index (χ0n) is 16.4. The van der Waals surface area contributed by atoms with Crippen molar-refractivity contribution in [3.05, 3.63) is 17.7 Å². The number of hydrogen-bond acceptors (Lipinski definition) is 5. The molecule has 0 heterocycles. The maximum Gasteiger partial charge on any atom is 0.573 e. The van der Waals surface area contributed by atoms with E-state index in [0.717, 1.165) is 6.92 Å². The molecular formula is C17H18F9NO5. The fraction of sp³-hybridized carbons (Fsp3) is 0.588. The Morgan fingerprint density at radius 2 is 1.44 bits per heavy atom. The van der Waals surface area contributed by atoms with E-state index in [0.29, 0.717) is 6.07 Å². The number of hydrogen-bond donors (Lipinski definition) is 2. The Morgan fingerprint density at radius 3 is 1.84 bits per heavy atom. The number of nitrogens with two attached hydrogens (primary N) is 1. The Balaban J connectivity index is 3.62.